The molecule has 0 aliphatic rings. The number of guanidine groups is 3. The lowest BCUT2D eigenvalue weighted by atomic mass is 10.1. The van der Waals surface area contributed by atoms with Crippen LogP contribution in [-0.2, 0) is 19.2 Å². The topological polar surface area (TPSA) is 336 Å². The monoisotopic (exact) mass is 589 g/mol. The molecule has 0 heterocycles. The number of carbonyl (C=O) groups is 4. The second-order valence-electron chi connectivity index (χ2n) is 8.76. The second-order valence-corrected chi connectivity index (χ2v) is 9.12. The first kappa shape index (κ1) is 36.0. The Morgan fingerprint density at radius 3 is 1.30 bits per heavy atom. The number of carboxylic acid groups (broad SMARTS) is 1. The van der Waals surface area contributed by atoms with Crippen LogP contribution in [0.5, 0.6) is 0 Å². The lowest BCUT2D eigenvalue weighted by molar-refractivity contribution is -0.142. The Kier molecular flexibility index (Phi) is 18.0. The summed E-state index contributed by atoms with van der Waals surface area (Å²) < 4.78 is 0. The minimum absolute atomic E-state index is 0.0252. The molecule has 4 unspecified atom stereocenters. The summed E-state index contributed by atoms with van der Waals surface area (Å²) in [4.78, 5) is 50.4. The summed E-state index contributed by atoms with van der Waals surface area (Å²) in [6.45, 7) is 0.675. The molecule has 0 aliphatic heterocycles. The molecule has 4 atom stereocenters. The first-order valence-corrected chi connectivity index (χ1v) is 13.2. The Hall–Kier alpha value is -4.00. The molecule has 0 saturated heterocycles. The average Bonchev–Trinajstić information content (AvgIpc) is 2.87. The van der Waals surface area contributed by atoms with Crippen molar-refractivity contribution in [2.45, 2.75) is 62.7 Å². The van der Waals surface area contributed by atoms with Gasteiger partial charge in [0.05, 0.1) is 6.04 Å². The highest BCUT2D eigenvalue weighted by atomic mass is 32.1. The van der Waals surface area contributed by atoms with Crippen molar-refractivity contribution in [2.24, 2.45) is 22.9 Å². The predicted molar refractivity (Wildman–Crippen MR) is 153 cm³/mol. The Labute approximate surface area is 237 Å². The number of aliphatic carboxylic acids is 1. The third kappa shape index (κ3) is 16.8. The molecule has 0 rings (SSSR count). The van der Waals surface area contributed by atoms with Gasteiger partial charge in [0.25, 0.3) is 0 Å². The minimum atomic E-state index is -1.29. The van der Waals surface area contributed by atoms with E-state index in [0.717, 1.165) is 0 Å². The van der Waals surface area contributed by atoms with Gasteiger partial charge in [-0.05, 0) is 38.5 Å². The minimum Gasteiger partial charge on any atom is -0.480 e. The van der Waals surface area contributed by atoms with E-state index in [1.165, 1.54) is 0 Å². The van der Waals surface area contributed by atoms with Gasteiger partial charge in [0.1, 0.15) is 18.1 Å². The standard InChI is InChI=1S/C21H43N13O5S/c22-11(10-40)15(35)32-12(4-1-7-29-19(23)24)16(36)33-13(5-2-8-30-20(25)26)17(37)34-14(18(38)39)6-3-9-31-21(27)28/h11-14,40H,1-10,22H2,(H,32,35)(H,33,36)(H,34,37)(H,38,39)(H4,23,24,29)(H4,25,26,30)(H4,27,28,31). The largest absolute Gasteiger partial charge is 0.480 e. The number of nitrogens with two attached hydrogens (primary N) is 4. The van der Waals surface area contributed by atoms with Crippen LogP contribution in [0.4, 0.5) is 0 Å². The van der Waals surface area contributed by atoms with Crippen molar-refractivity contribution in [1.29, 1.82) is 16.2 Å². The Morgan fingerprint density at radius 1 is 0.650 bits per heavy atom. The molecule has 0 aromatic carbocycles. The van der Waals surface area contributed by atoms with Crippen LogP contribution in [0, 0.1) is 16.2 Å². The van der Waals surface area contributed by atoms with Crippen LogP contribution in [0.3, 0.4) is 0 Å². The zero-order valence-electron chi connectivity index (χ0n) is 22.2. The molecule has 0 fully saturated rings. The van der Waals surface area contributed by atoms with E-state index in [2.05, 4.69) is 44.5 Å². The van der Waals surface area contributed by atoms with Gasteiger partial charge in [0.15, 0.2) is 17.9 Å². The van der Waals surface area contributed by atoms with Gasteiger partial charge in [-0.15, -0.1) is 0 Å². The van der Waals surface area contributed by atoms with Gasteiger partial charge in [-0.1, -0.05) is 0 Å². The number of hydrogen-bond donors (Lipinski definition) is 15. The van der Waals surface area contributed by atoms with E-state index in [9.17, 15) is 24.3 Å². The summed E-state index contributed by atoms with van der Waals surface area (Å²) in [7, 11) is 0. The van der Waals surface area contributed by atoms with E-state index in [4.69, 9.17) is 39.2 Å². The van der Waals surface area contributed by atoms with E-state index < -0.39 is 47.9 Å². The zero-order chi connectivity index (χ0) is 30.7. The molecule has 0 aliphatic carbocycles. The number of carbonyl (C=O) groups excluding carboxylic acids is 3. The molecule has 0 aromatic rings. The van der Waals surface area contributed by atoms with Gasteiger partial charge >= 0.3 is 5.97 Å². The number of nitrogens with one attached hydrogen (secondary N) is 9. The lowest BCUT2D eigenvalue weighted by Crippen LogP contribution is -2.57. The van der Waals surface area contributed by atoms with Crippen LogP contribution in [0.1, 0.15) is 38.5 Å². The van der Waals surface area contributed by atoms with Crippen molar-refractivity contribution >= 4 is 54.2 Å². The quantitative estimate of drug-likeness (QED) is 0.0277. The Morgan fingerprint density at radius 2 is 0.975 bits per heavy atom. The number of hydrogen-bond acceptors (Lipinski definition) is 9. The van der Waals surface area contributed by atoms with Gasteiger partial charge in [-0.2, -0.15) is 12.6 Å². The molecular formula is C21H43N13O5S. The normalized spacial score (nSPS) is 13.4. The summed E-state index contributed by atoms with van der Waals surface area (Å²) in [5.41, 5.74) is 21.5. The lowest BCUT2D eigenvalue weighted by Gasteiger charge is -2.25. The van der Waals surface area contributed by atoms with E-state index in [1.807, 2.05) is 0 Å². The predicted octanol–water partition coefficient (Wildman–Crippen LogP) is -4.43. The number of thiol groups is 1. The molecule has 0 radical (unpaired) electrons. The summed E-state index contributed by atoms with van der Waals surface area (Å²) in [5.74, 6) is -4.18. The molecule has 0 bridgehead atoms. The summed E-state index contributed by atoms with van der Waals surface area (Å²) in [6, 6.07) is -4.56. The van der Waals surface area contributed by atoms with Crippen LogP contribution in [0.2, 0.25) is 0 Å². The maximum atomic E-state index is 13.2. The second kappa shape index (κ2) is 20.0. The fourth-order valence-electron chi connectivity index (χ4n) is 3.29. The highest BCUT2D eigenvalue weighted by Crippen LogP contribution is 2.05. The maximum absolute atomic E-state index is 13.2. The molecular weight excluding hydrogens is 546 g/mol. The van der Waals surface area contributed by atoms with E-state index >= 15 is 0 Å². The van der Waals surface area contributed by atoms with Gasteiger partial charge < -0.3 is 59.9 Å². The first-order valence-electron chi connectivity index (χ1n) is 12.5. The van der Waals surface area contributed by atoms with Crippen molar-refractivity contribution in [3.63, 3.8) is 0 Å². The molecule has 18 N–H and O–H groups in total. The number of carboxylic acids is 1. The smallest absolute Gasteiger partial charge is 0.326 e. The number of rotatable bonds is 20. The van der Waals surface area contributed by atoms with Gasteiger partial charge in [-0.3, -0.25) is 30.6 Å². The molecule has 0 aromatic heterocycles. The van der Waals surface area contributed by atoms with Crippen LogP contribution in [0.15, 0.2) is 0 Å². The van der Waals surface area contributed by atoms with Crippen molar-refractivity contribution in [3.8, 4) is 0 Å². The van der Waals surface area contributed by atoms with Gasteiger partial charge in [0, 0.05) is 25.4 Å². The first-order chi connectivity index (χ1) is 18.8. The van der Waals surface area contributed by atoms with E-state index in [-0.39, 0.29) is 75.4 Å². The fraction of sp³-hybridized carbons (Fsp3) is 0.667. The molecule has 228 valence electrons. The molecule has 0 spiro atoms. The molecule has 19 heteroatoms. The zero-order valence-corrected chi connectivity index (χ0v) is 23.1. The highest BCUT2D eigenvalue weighted by molar-refractivity contribution is 7.80. The SMILES string of the molecule is N=C(N)NCCCC(NC(=O)C(CCCNC(=N)N)NC(=O)C(CCCNC(=N)N)NC(=O)C(N)CS)C(=O)O. The summed E-state index contributed by atoms with van der Waals surface area (Å²) >= 11 is 3.98. The van der Waals surface area contributed by atoms with E-state index in [1.54, 1.807) is 0 Å². The van der Waals surface area contributed by atoms with Gasteiger partial charge in [-0.25, -0.2) is 4.79 Å². The van der Waals surface area contributed by atoms with Crippen molar-refractivity contribution in [3.05, 3.63) is 0 Å². The highest BCUT2D eigenvalue weighted by Gasteiger charge is 2.30. The summed E-state index contributed by atoms with van der Waals surface area (Å²) in [5, 5.41) is 46.4. The Balaban J connectivity index is 5.60. The molecule has 3 amide bonds. The summed E-state index contributed by atoms with van der Waals surface area (Å²) in [6.07, 6.45) is 1.07. The van der Waals surface area contributed by atoms with Crippen molar-refractivity contribution in [1.82, 2.24) is 31.9 Å². The van der Waals surface area contributed by atoms with E-state index in [0.29, 0.717) is 6.42 Å². The molecule has 0 saturated carbocycles. The molecule has 40 heavy (non-hydrogen) atoms. The van der Waals surface area contributed by atoms with Crippen LogP contribution in [-0.4, -0.2) is 96.2 Å². The number of amides is 3. The van der Waals surface area contributed by atoms with Crippen LogP contribution >= 0.6 is 12.6 Å². The van der Waals surface area contributed by atoms with Crippen LogP contribution < -0.4 is 54.8 Å². The molecule has 18 nitrogen and oxygen atoms in total. The fourth-order valence-corrected chi connectivity index (χ4v) is 3.45. The Bertz CT molecular complexity index is 891. The van der Waals surface area contributed by atoms with Gasteiger partial charge in [0.2, 0.25) is 17.7 Å². The third-order valence-electron chi connectivity index (χ3n) is 5.37. The maximum Gasteiger partial charge on any atom is 0.326 e. The van der Waals surface area contributed by atoms with Crippen molar-refractivity contribution in [2.75, 3.05) is 25.4 Å². The average molecular weight is 590 g/mol. The van der Waals surface area contributed by atoms with Crippen molar-refractivity contribution < 1.29 is 24.3 Å². The van der Waals surface area contributed by atoms with Crippen LogP contribution in [0.25, 0.3) is 0 Å². The third-order valence-corrected chi connectivity index (χ3v) is 5.76.